The number of carbonyl (C=O) groups is 1. The minimum Gasteiger partial charge on any atom is -0.494 e. The Morgan fingerprint density at radius 2 is 2.00 bits per heavy atom. The van der Waals surface area contributed by atoms with Gasteiger partial charge in [0.25, 0.3) is 0 Å². The fourth-order valence-electron chi connectivity index (χ4n) is 2.01. The van der Waals surface area contributed by atoms with Crippen molar-refractivity contribution < 1.29 is 9.53 Å². The topological polar surface area (TPSA) is 51.2 Å². The highest BCUT2D eigenvalue weighted by Gasteiger charge is 2.06. The first kappa shape index (κ1) is 17.0. The second-order valence-electron chi connectivity index (χ2n) is 5.15. The molecule has 0 saturated heterocycles. The molecule has 0 spiro atoms. The molecule has 0 aliphatic heterocycles. The quantitative estimate of drug-likeness (QED) is 0.740. The zero-order chi connectivity index (χ0) is 16.1. The summed E-state index contributed by atoms with van der Waals surface area (Å²) in [6.07, 6.45) is 2.85. The minimum atomic E-state index is -0.0267. The highest BCUT2D eigenvalue weighted by molar-refractivity contribution is 9.10. The zero-order valence-corrected chi connectivity index (χ0v) is 15.3. The van der Waals surface area contributed by atoms with E-state index < -0.39 is 0 Å². The summed E-state index contributed by atoms with van der Waals surface area (Å²) in [5.41, 5.74) is 2.29. The number of aromatic nitrogens is 1. The molecule has 22 heavy (non-hydrogen) atoms. The van der Waals surface area contributed by atoms with Crippen molar-refractivity contribution in [3.05, 3.63) is 38.8 Å². The van der Waals surface area contributed by atoms with E-state index in [4.69, 9.17) is 4.74 Å². The van der Waals surface area contributed by atoms with Crippen LogP contribution in [-0.4, -0.2) is 17.5 Å². The minimum absolute atomic E-state index is 0.0267. The van der Waals surface area contributed by atoms with Crippen LogP contribution in [0.4, 0.5) is 5.13 Å². The molecule has 1 aromatic carbocycles. The van der Waals surface area contributed by atoms with Crippen LogP contribution in [0.1, 0.15) is 28.8 Å². The fourth-order valence-corrected chi connectivity index (χ4v) is 2.92. The Kier molecular flexibility index (Phi) is 5.97. The van der Waals surface area contributed by atoms with Crippen molar-refractivity contribution in [2.24, 2.45) is 0 Å². The van der Waals surface area contributed by atoms with Gasteiger partial charge in [-0.3, -0.25) is 4.79 Å². The van der Waals surface area contributed by atoms with Gasteiger partial charge in [-0.2, -0.15) is 0 Å². The largest absolute Gasteiger partial charge is 0.494 e. The standard InChI is InChI=1S/C16H19BrN2O2S/c1-10-7-13(8-11(2)15(10)17)21-6-4-5-14(20)19-16-18-9-12(3)22-16/h7-9H,4-6H2,1-3H3,(H,18,19,20). The summed E-state index contributed by atoms with van der Waals surface area (Å²) in [6, 6.07) is 3.99. The highest BCUT2D eigenvalue weighted by atomic mass is 79.9. The normalized spacial score (nSPS) is 10.5. The molecular weight excluding hydrogens is 364 g/mol. The van der Waals surface area contributed by atoms with Crippen molar-refractivity contribution in [1.82, 2.24) is 4.98 Å². The lowest BCUT2D eigenvalue weighted by atomic mass is 10.1. The van der Waals surface area contributed by atoms with Crippen molar-refractivity contribution in [1.29, 1.82) is 0 Å². The lowest BCUT2D eigenvalue weighted by Gasteiger charge is -2.10. The molecule has 0 bridgehead atoms. The van der Waals surface area contributed by atoms with Gasteiger partial charge in [0.05, 0.1) is 6.61 Å². The van der Waals surface area contributed by atoms with E-state index in [1.807, 2.05) is 32.9 Å². The number of benzene rings is 1. The number of hydrogen-bond acceptors (Lipinski definition) is 4. The SMILES string of the molecule is Cc1cnc(NC(=O)CCCOc2cc(C)c(Br)c(C)c2)s1. The van der Waals surface area contributed by atoms with E-state index in [1.54, 1.807) is 6.20 Å². The van der Waals surface area contributed by atoms with E-state index in [0.717, 1.165) is 26.2 Å². The summed E-state index contributed by atoms with van der Waals surface area (Å²) in [7, 11) is 0. The Labute approximate surface area is 143 Å². The van der Waals surface area contributed by atoms with Crippen molar-refractivity contribution in [3.8, 4) is 5.75 Å². The number of rotatable bonds is 6. The molecule has 118 valence electrons. The first-order valence-corrected chi connectivity index (χ1v) is 8.68. The van der Waals surface area contributed by atoms with Gasteiger partial charge in [0.2, 0.25) is 5.91 Å². The van der Waals surface area contributed by atoms with Gasteiger partial charge in [0, 0.05) is 22.0 Å². The molecule has 0 aliphatic rings. The van der Waals surface area contributed by atoms with Crippen LogP contribution in [0.3, 0.4) is 0 Å². The molecule has 6 heteroatoms. The number of ether oxygens (including phenoxy) is 1. The highest BCUT2D eigenvalue weighted by Crippen LogP contribution is 2.26. The number of nitrogens with one attached hydrogen (secondary N) is 1. The third kappa shape index (κ3) is 4.81. The van der Waals surface area contributed by atoms with E-state index in [0.29, 0.717) is 24.6 Å². The number of amides is 1. The molecule has 0 saturated carbocycles. The second kappa shape index (κ2) is 7.74. The summed E-state index contributed by atoms with van der Waals surface area (Å²) in [6.45, 7) is 6.55. The smallest absolute Gasteiger partial charge is 0.226 e. The van der Waals surface area contributed by atoms with Gasteiger partial charge in [0.1, 0.15) is 5.75 Å². The molecule has 0 radical (unpaired) electrons. The summed E-state index contributed by atoms with van der Waals surface area (Å²) >= 11 is 5.01. The van der Waals surface area contributed by atoms with Crippen molar-refractivity contribution in [2.75, 3.05) is 11.9 Å². The Morgan fingerprint density at radius 3 is 2.59 bits per heavy atom. The predicted molar refractivity (Wildman–Crippen MR) is 93.8 cm³/mol. The van der Waals surface area contributed by atoms with E-state index in [-0.39, 0.29) is 5.91 Å². The van der Waals surface area contributed by atoms with E-state index in [9.17, 15) is 4.79 Å². The Balaban J connectivity index is 1.74. The third-order valence-electron chi connectivity index (χ3n) is 3.09. The Hall–Kier alpha value is -1.40. The molecule has 1 N–H and O–H groups in total. The Bertz CT molecular complexity index is 647. The maximum Gasteiger partial charge on any atom is 0.226 e. The summed E-state index contributed by atoms with van der Waals surface area (Å²) < 4.78 is 6.82. The van der Waals surface area contributed by atoms with Gasteiger partial charge in [-0.05, 0) is 50.5 Å². The molecule has 1 aromatic heterocycles. The predicted octanol–water partition coefficient (Wildman–Crippen LogP) is 4.63. The molecule has 0 atom stereocenters. The van der Waals surface area contributed by atoms with Crippen molar-refractivity contribution >= 4 is 38.3 Å². The van der Waals surface area contributed by atoms with Gasteiger partial charge in [0.15, 0.2) is 5.13 Å². The van der Waals surface area contributed by atoms with Gasteiger partial charge in [-0.25, -0.2) is 4.98 Å². The van der Waals surface area contributed by atoms with Crippen LogP contribution in [0.5, 0.6) is 5.75 Å². The number of nitrogens with zero attached hydrogens (tertiary/aromatic N) is 1. The fraction of sp³-hybridized carbons (Fsp3) is 0.375. The van der Waals surface area contributed by atoms with Crippen molar-refractivity contribution in [3.63, 3.8) is 0 Å². The van der Waals surface area contributed by atoms with Crippen LogP contribution >= 0.6 is 27.3 Å². The van der Waals surface area contributed by atoms with E-state index in [1.165, 1.54) is 11.3 Å². The number of halogens is 1. The number of hydrogen-bond donors (Lipinski definition) is 1. The molecular formula is C16H19BrN2O2S. The monoisotopic (exact) mass is 382 g/mol. The molecule has 1 amide bonds. The van der Waals surface area contributed by atoms with Gasteiger partial charge >= 0.3 is 0 Å². The van der Waals surface area contributed by atoms with Crippen LogP contribution in [0, 0.1) is 20.8 Å². The third-order valence-corrected chi connectivity index (χ3v) is 5.17. The number of carbonyl (C=O) groups excluding carboxylic acids is 1. The maximum absolute atomic E-state index is 11.8. The van der Waals surface area contributed by atoms with Crippen LogP contribution in [0.15, 0.2) is 22.8 Å². The lowest BCUT2D eigenvalue weighted by Crippen LogP contribution is -2.12. The number of anilines is 1. The molecule has 0 fully saturated rings. The maximum atomic E-state index is 11.8. The number of aryl methyl sites for hydroxylation is 3. The molecule has 0 unspecified atom stereocenters. The molecule has 0 aliphatic carbocycles. The van der Waals surface area contributed by atoms with Crippen molar-refractivity contribution in [2.45, 2.75) is 33.6 Å². The van der Waals surface area contributed by atoms with Crippen LogP contribution in [-0.2, 0) is 4.79 Å². The van der Waals surface area contributed by atoms with E-state index >= 15 is 0 Å². The number of thiazole rings is 1. The van der Waals surface area contributed by atoms with Crippen LogP contribution in [0.2, 0.25) is 0 Å². The van der Waals surface area contributed by atoms with Gasteiger partial charge in [-0.1, -0.05) is 15.9 Å². The summed E-state index contributed by atoms with van der Waals surface area (Å²) in [5.74, 6) is 0.815. The van der Waals surface area contributed by atoms with Crippen LogP contribution in [0.25, 0.3) is 0 Å². The zero-order valence-electron chi connectivity index (χ0n) is 12.9. The Morgan fingerprint density at radius 1 is 1.32 bits per heavy atom. The average Bonchev–Trinajstić information content (AvgIpc) is 2.86. The van der Waals surface area contributed by atoms with Crippen LogP contribution < -0.4 is 10.1 Å². The van der Waals surface area contributed by atoms with Gasteiger partial charge < -0.3 is 10.1 Å². The average molecular weight is 383 g/mol. The second-order valence-corrected chi connectivity index (χ2v) is 7.18. The molecule has 1 heterocycles. The molecule has 2 aromatic rings. The van der Waals surface area contributed by atoms with Gasteiger partial charge in [-0.15, -0.1) is 11.3 Å². The first-order valence-electron chi connectivity index (χ1n) is 7.07. The lowest BCUT2D eigenvalue weighted by molar-refractivity contribution is -0.116. The molecule has 2 rings (SSSR count). The summed E-state index contributed by atoms with van der Waals surface area (Å²) in [5, 5.41) is 3.45. The first-order chi connectivity index (χ1) is 10.5. The van der Waals surface area contributed by atoms with E-state index in [2.05, 4.69) is 26.2 Å². The molecule has 4 nitrogen and oxygen atoms in total. The summed E-state index contributed by atoms with van der Waals surface area (Å²) in [4.78, 5) is 17.0.